The highest BCUT2D eigenvalue weighted by atomic mass is 31.2. The van der Waals surface area contributed by atoms with Gasteiger partial charge < -0.3 is 48.4 Å². The van der Waals surface area contributed by atoms with E-state index in [4.69, 9.17) is 55.4 Å². The predicted molar refractivity (Wildman–Crippen MR) is 260 cm³/mol. The van der Waals surface area contributed by atoms with Crippen molar-refractivity contribution in [3.63, 3.8) is 0 Å². The smallest absolute Gasteiger partial charge is 0.380 e. The van der Waals surface area contributed by atoms with Crippen molar-refractivity contribution in [2.75, 3.05) is 25.4 Å². The average molecular weight is 1100 g/mol. The number of nitrogens with zero attached hydrogens (tertiary/aromatic N) is 3. The molecule has 75 heavy (non-hydrogen) atoms. The maximum Gasteiger partial charge on any atom is 0.380 e. The SMILES string of the molecule is [2H]C([2H])(O[P@@](=O)(C[C@@H](C)C(=O)OC(C)C)Oc1ccccc1)[C@H]1O[C@@H](n2cc(F)c(=O)[nH]c2=O)C(O)(C#C)[C@H]1O.[2H]C([2H])(O[P@@](=O)(C[C@@H](C)C(=O)OC(C)C)Oc1ccccc1)[C@H]1O[C@@H](n2ncc(=O)[nH]c2=O)C(O)(C#C)[C@H]1O. The molecule has 0 spiro atoms. The summed E-state index contributed by atoms with van der Waals surface area (Å²) >= 11 is 0. The van der Waals surface area contributed by atoms with Crippen LogP contribution in [0.1, 0.15) is 59.5 Å². The van der Waals surface area contributed by atoms with Gasteiger partial charge in [-0.25, -0.2) is 18.7 Å². The van der Waals surface area contributed by atoms with E-state index in [9.17, 15) is 62.7 Å². The molecule has 2 unspecified atom stereocenters. The van der Waals surface area contributed by atoms with Gasteiger partial charge in [-0.05, 0) is 52.0 Å². The molecule has 2 saturated heterocycles. The highest BCUT2D eigenvalue weighted by Gasteiger charge is 2.58. The summed E-state index contributed by atoms with van der Waals surface area (Å²) in [4.78, 5) is 75.7. The number of halogens is 1. The summed E-state index contributed by atoms with van der Waals surface area (Å²) < 4.78 is 119. The number of carbonyl (C=O) groups is 2. The molecule has 2 aliphatic rings. The minimum absolute atomic E-state index is 0.00720. The van der Waals surface area contributed by atoms with Crippen LogP contribution in [-0.4, -0.2) is 130 Å². The lowest BCUT2D eigenvalue weighted by Crippen LogP contribution is -2.49. The normalized spacial score (nSPS) is 26.7. The van der Waals surface area contributed by atoms with Crippen LogP contribution in [0.3, 0.4) is 0 Å². The maximum absolute atomic E-state index is 13.9. The van der Waals surface area contributed by atoms with Crippen LogP contribution in [0.5, 0.6) is 11.5 Å². The van der Waals surface area contributed by atoms with E-state index in [0.29, 0.717) is 21.6 Å². The fourth-order valence-corrected chi connectivity index (χ4v) is 10.3. The van der Waals surface area contributed by atoms with E-state index in [1.54, 1.807) is 62.9 Å². The van der Waals surface area contributed by atoms with Gasteiger partial charge >= 0.3 is 38.5 Å². The van der Waals surface area contributed by atoms with Gasteiger partial charge in [0.15, 0.2) is 18.1 Å². The van der Waals surface area contributed by atoms with Crippen molar-refractivity contribution in [2.24, 2.45) is 11.8 Å². The molecule has 2 aromatic carbocycles. The molecule has 2 aliphatic heterocycles. The fraction of sp³-hybridized carbons (Fsp3) is 0.468. The molecule has 6 N–H and O–H groups in total. The molecule has 406 valence electrons. The second-order valence-electron chi connectivity index (χ2n) is 17.3. The highest BCUT2D eigenvalue weighted by molar-refractivity contribution is 7.54. The predicted octanol–water partition coefficient (Wildman–Crippen LogP) is 1.61. The number of benzene rings is 2. The van der Waals surface area contributed by atoms with Crippen LogP contribution in [0, 0.1) is 42.3 Å². The number of nitrogens with one attached hydrogen (secondary N) is 2. The lowest BCUT2D eigenvalue weighted by molar-refractivity contribution is -0.152. The van der Waals surface area contributed by atoms with Crippen LogP contribution in [-0.2, 0) is 46.7 Å². The van der Waals surface area contributed by atoms with E-state index < -0.39 is 153 Å². The van der Waals surface area contributed by atoms with Crippen LogP contribution in [0.15, 0.2) is 92.2 Å². The Bertz CT molecular complexity index is 3270. The Morgan fingerprint density at radius 3 is 1.60 bits per heavy atom. The van der Waals surface area contributed by atoms with Crippen LogP contribution in [0.4, 0.5) is 4.39 Å². The summed E-state index contributed by atoms with van der Waals surface area (Å²) in [6, 6.07) is 15.1. The van der Waals surface area contributed by atoms with Crippen LogP contribution in [0.25, 0.3) is 0 Å². The van der Waals surface area contributed by atoms with E-state index >= 15 is 0 Å². The zero-order chi connectivity index (χ0) is 59.2. The van der Waals surface area contributed by atoms with Crippen molar-refractivity contribution in [2.45, 2.75) is 102 Å². The number of carbonyl (C=O) groups excluding carboxylic acids is 2. The van der Waals surface area contributed by atoms with Crippen molar-refractivity contribution in [3.05, 3.63) is 121 Å². The van der Waals surface area contributed by atoms with E-state index in [1.165, 1.54) is 50.2 Å². The highest BCUT2D eigenvalue weighted by Crippen LogP contribution is 2.52. The molecule has 2 fully saturated rings. The van der Waals surface area contributed by atoms with Crippen LogP contribution < -0.4 is 31.5 Å². The number of para-hydroxylation sites is 2. The topological polar surface area (TPSA) is 346 Å². The molecule has 28 heteroatoms. The number of ether oxygens (including phenoxy) is 4. The maximum atomic E-state index is 13.9. The number of aliphatic hydroxyl groups is 4. The minimum Gasteiger partial charge on any atom is -0.463 e. The first-order valence-electron chi connectivity index (χ1n) is 24.4. The van der Waals surface area contributed by atoms with Gasteiger partial charge in [0.1, 0.15) is 42.1 Å². The van der Waals surface area contributed by atoms with Crippen molar-refractivity contribution in [3.8, 4) is 36.2 Å². The second-order valence-corrected chi connectivity index (χ2v) is 21.2. The molecule has 4 aromatic rings. The average Bonchev–Trinajstić information content (AvgIpc) is 3.83. The van der Waals surface area contributed by atoms with Gasteiger partial charge in [-0.15, -0.1) is 12.8 Å². The molecule has 12 atom stereocenters. The summed E-state index contributed by atoms with van der Waals surface area (Å²) in [6.45, 7) is 2.70. The number of aromatic nitrogens is 5. The summed E-state index contributed by atoms with van der Waals surface area (Å²) in [5.41, 5.74) is -10.3. The van der Waals surface area contributed by atoms with Crippen LogP contribution >= 0.6 is 15.2 Å². The Labute approximate surface area is 432 Å². The van der Waals surface area contributed by atoms with Crippen molar-refractivity contribution in [1.82, 2.24) is 24.3 Å². The standard InChI is InChI=1S/C24H28FN2O10P.C23H28N3O10P/c1-5-24(32)19(28)18(36-22(24)27-11-17(25)20(29)26-23(27)31)12-34-38(33,37-16-9-7-6-8-10-16)13-15(4)21(30)35-14(2)3;1-5-23(31)19(28)17(35-21(23)26-22(30)25-18(27)11-24-26)12-33-37(32,36-16-9-7-6-8-10-16)13-15(4)20(29)34-14(2)3/h1,6-11,14-15,18-19,22,28,32H,12-13H2,2-4H3,(H,26,29,31);1,6-11,14-15,17,19,21,28,31H,12-13H2,2-4H3,(H,25,27,30)/t15-,18-,19+,22-,24?,38+;15-,17-,19+,21-,23?,37+/m11/s1/i2*12D2. The first-order chi connectivity index (χ1) is 36.6. The fourth-order valence-electron chi connectivity index (χ4n) is 6.82. The first kappa shape index (κ1) is 53.3. The molecular weight excluding hydrogens is 1040 g/mol. The molecule has 0 aliphatic carbocycles. The number of aromatic amines is 2. The number of hydrogen-bond donors (Lipinski definition) is 6. The van der Waals surface area contributed by atoms with E-state index in [-0.39, 0.29) is 11.5 Å². The number of esters is 2. The van der Waals surface area contributed by atoms with Crippen molar-refractivity contribution >= 4 is 27.1 Å². The van der Waals surface area contributed by atoms with Gasteiger partial charge in [0.2, 0.25) is 11.4 Å². The summed E-state index contributed by atoms with van der Waals surface area (Å²) in [6.07, 6.45) is -3.62. The third-order valence-electron chi connectivity index (χ3n) is 10.5. The Morgan fingerprint density at radius 2 is 1.19 bits per heavy atom. The number of aliphatic hydroxyl groups excluding tert-OH is 2. The lowest BCUT2D eigenvalue weighted by atomic mass is 9.95. The molecule has 0 saturated carbocycles. The molecule has 2 aromatic heterocycles. The largest absolute Gasteiger partial charge is 0.463 e. The van der Waals surface area contributed by atoms with Crippen molar-refractivity contribution < 1.29 is 86.1 Å². The van der Waals surface area contributed by atoms with E-state index in [1.807, 2.05) is 10.9 Å². The molecule has 25 nitrogen and oxygen atoms in total. The molecule has 0 radical (unpaired) electrons. The van der Waals surface area contributed by atoms with E-state index in [2.05, 4.69) is 5.10 Å². The van der Waals surface area contributed by atoms with Gasteiger partial charge in [-0.1, -0.05) is 62.1 Å². The molecule has 6 rings (SSSR count). The molecule has 0 bridgehead atoms. The number of terminal acetylenes is 2. The summed E-state index contributed by atoms with van der Waals surface area (Å²) in [7, 11) is -9.22. The van der Waals surface area contributed by atoms with E-state index in [0.717, 1.165) is 0 Å². The van der Waals surface area contributed by atoms with Gasteiger partial charge in [-0.3, -0.25) is 42.8 Å². The zero-order valence-corrected chi connectivity index (χ0v) is 42.5. The molecular formula is C47H56FN5O20P2. The third kappa shape index (κ3) is 14.7. The Kier molecular flexibility index (Phi) is 17.7. The van der Waals surface area contributed by atoms with Crippen molar-refractivity contribution in [1.29, 1.82) is 0 Å². The second kappa shape index (κ2) is 24.9. The van der Waals surface area contributed by atoms with Gasteiger partial charge in [0, 0.05) is 0 Å². The van der Waals surface area contributed by atoms with Gasteiger partial charge in [0.05, 0.1) is 61.2 Å². The molecule has 0 amide bonds. The quantitative estimate of drug-likeness (QED) is 0.0416. The zero-order valence-electron chi connectivity index (χ0n) is 44.7. The monoisotopic (exact) mass is 1100 g/mol. The Hall–Kier alpha value is -6.54. The summed E-state index contributed by atoms with van der Waals surface area (Å²) in [5.74, 6) is -1.50. The summed E-state index contributed by atoms with van der Waals surface area (Å²) in [5, 5.41) is 47.1. The number of H-pyrrole nitrogens is 2. The molecule has 4 heterocycles. The number of rotatable bonds is 20. The lowest BCUT2D eigenvalue weighted by Gasteiger charge is -2.26. The Balaban J connectivity index is 0.000000291. The Morgan fingerprint density at radius 1 is 0.760 bits per heavy atom. The minimum atomic E-state index is -4.64. The third-order valence-corrected chi connectivity index (χ3v) is 14.2. The van der Waals surface area contributed by atoms with Gasteiger partial charge in [-0.2, -0.15) is 14.2 Å². The van der Waals surface area contributed by atoms with Gasteiger partial charge in [0.25, 0.3) is 11.1 Å². The van der Waals surface area contributed by atoms with Crippen LogP contribution in [0.2, 0.25) is 0 Å². The number of hydrogen-bond acceptors (Lipinski definition) is 21. The first-order valence-corrected chi connectivity index (χ1v) is 25.9.